The van der Waals surface area contributed by atoms with Crippen LogP contribution in [0.25, 0.3) is 10.8 Å². The van der Waals surface area contributed by atoms with Gasteiger partial charge in [0.2, 0.25) is 11.0 Å². The van der Waals surface area contributed by atoms with E-state index in [-0.39, 0.29) is 11.9 Å². The molecule has 2 aromatic heterocycles. The van der Waals surface area contributed by atoms with Crippen LogP contribution >= 0.6 is 11.3 Å². The Hall–Kier alpha value is -2.81. The summed E-state index contributed by atoms with van der Waals surface area (Å²) in [6, 6.07) is 6.48. The Bertz CT molecular complexity index is 1030. The molecule has 130 valence electrons. The van der Waals surface area contributed by atoms with Crippen molar-refractivity contribution in [2.75, 3.05) is 5.32 Å². The summed E-state index contributed by atoms with van der Waals surface area (Å²) in [4.78, 5) is 36.6. The number of benzene rings is 1. The summed E-state index contributed by atoms with van der Waals surface area (Å²) in [7, 11) is 0. The van der Waals surface area contributed by atoms with Gasteiger partial charge in [-0.2, -0.15) is 0 Å². The van der Waals surface area contributed by atoms with Crippen LogP contribution in [-0.4, -0.2) is 25.9 Å². The number of aromatic amines is 1. The monoisotopic (exact) mass is 359 g/mol. The van der Waals surface area contributed by atoms with Crippen LogP contribution in [0.4, 0.5) is 5.13 Å². The van der Waals surface area contributed by atoms with Crippen molar-refractivity contribution in [3.8, 4) is 0 Å². The number of carbonyl (C=O) groups excluding carboxylic acids is 1. The first-order chi connectivity index (χ1) is 11.9. The van der Waals surface area contributed by atoms with Gasteiger partial charge in [-0.25, -0.2) is 4.68 Å². The summed E-state index contributed by atoms with van der Waals surface area (Å²) in [6.07, 6.45) is 0.783. The first-order valence-corrected chi connectivity index (χ1v) is 8.60. The third-order valence-corrected chi connectivity index (χ3v) is 4.34. The maximum absolute atomic E-state index is 12.4. The lowest BCUT2D eigenvalue weighted by atomic mass is 10.1. The van der Waals surface area contributed by atoms with Crippen LogP contribution in [0.15, 0.2) is 33.9 Å². The molecule has 25 heavy (non-hydrogen) atoms. The van der Waals surface area contributed by atoms with E-state index in [4.69, 9.17) is 0 Å². The Morgan fingerprint density at radius 1 is 1.24 bits per heavy atom. The van der Waals surface area contributed by atoms with Gasteiger partial charge in [-0.3, -0.25) is 24.8 Å². The van der Waals surface area contributed by atoms with E-state index in [0.717, 1.165) is 16.1 Å². The number of aromatic nitrogens is 4. The number of nitrogens with one attached hydrogen (secondary N) is 2. The normalized spacial score (nSPS) is 11.2. The summed E-state index contributed by atoms with van der Waals surface area (Å²) in [5.74, 6) is -0.0157. The van der Waals surface area contributed by atoms with Gasteiger partial charge in [0.25, 0.3) is 11.1 Å². The average Bonchev–Trinajstić information content (AvgIpc) is 2.98. The van der Waals surface area contributed by atoms with E-state index in [0.29, 0.717) is 16.4 Å². The Kier molecular flexibility index (Phi) is 4.75. The van der Waals surface area contributed by atoms with Crippen molar-refractivity contribution < 1.29 is 4.79 Å². The second-order valence-electron chi connectivity index (χ2n) is 6.02. The fourth-order valence-corrected chi connectivity index (χ4v) is 3.36. The van der Waals surface area contributed by atoms with Gasteiger partial charge in [-0.1, -0.05) is 37.3 Å². The van der Waals surface area contributed by atoms with Crippen LogP contribution in [-0.2, 0) is 17.8 Å². The molecular weight excluding hydrogens is 342 g/mol. The number of fused-ring (bicyclic) bond motifs is 1. The van der Waals surface area contributed by atoms with E-state index in [1.807, 2.05) is 0 Å². The number of H-pyrrole nitrogens is 1. The molecule has 0 saturated heterocycles. The third kappa shape index (κ3) is 3.82. The highest BCUT2D eigenvalue weighted by Gasteiger charge is 2.12. The topological polar surface area (TPSA) is 110 Å². The first kappa shape index (κ1) is 17.0. The number of rotatable bonds is 5. The van der Waals surface area contributed by atoms with E-state index in [1.54, 1.807) is 24.3 Å². The Morgan fingerprint density at radius 3 is 2.68 bits per heavy atom. The lowest BCUT2D eigenvalue weighted by Gasteiger charge is -2.06. The van der Waals surface area contributed by atoms with Gasteiger partial charge in [0, 0.05) is 6.42 Å². The van der Waals surface area contributed by atoms with Crippen molar-refractivity contribution in [1.82, 2.24) is 20.0 Å². The molecule has 0 saturated carbocycles. The Balaban J connectivity index is 1.78. The number of anilines is 1. The van der Waals surface area contributed by atoms with Crippen molar-refractivity contribution in [1.29, 1.82) is 0 Å². The minimum absolute atomic E-state index is 0.272. The summed E-state index contributed by atoms with van der Waals surface area (Å²) in [5.41, 5.74) is -0.846. The molecule has 0 aliphatic carbocycles. The molecule has 0 unspecified atom stereocenters. The molecule has 1 amide bonds. The zero-order chi connectivity index (χ0) is 18.0. The van der Waals surface area contributed by atoms with E-state index >= 15 is 0 Å². The number of nitrogens with zero attached hydrogens (tertiary/aromatic N) is 3. The summed E-state index contributed by atoms with van der Waals surface area (Å²) >= 11 is 1.30. The van der Waals surface area contributed by atoms with Crippen LogP contribution in [0.5, 0.6) is 0 Å². The first-order valence-electron chi connectivity index (χ1n) is 7.78. The number of carbonyl (C=O) groups is 1. The van der Waals surface area contributed by atoms with Crippen LogP contribution in [0.1, 0.15) is 18.9 Å². The molecular formula is C16H17N5O3S. The molecule has 8 nitrogen and oxygen atoms in total. The minimum Gasteiger partial charge on any atom is -0.299 e. The largest absolute Gasteiger partial charge is 0.299 e. The molecule has 9 heteroatoms. The number of amides is 1. The van der Waals surface area contributed by atoms with Crippen LogP contribution in [0, 0.1) is 5.92 Å². The Labute approximate surface area is 146 Å². The number of hydrogen-bond donors (Lipinski definition) is 2. The molecule has 2 heterocycles. The van der Waals surface area contributed by atoms with E-state index in [1.165, 1.54) is 11.3 Å². The molecule has 0 spiro atoms. The van der Waals surface area contributed by atoms with Crippen LogP contribution < -0.4 is 16.4 Å². The maximum Gasteiger partial charge on any atom is 0.273 e. The second kappa shape index (κ2) is 6.98. The predicted octanol–water partition coefficient (Wildman–Crippen LogP) is 1.38. The molecule has 3 rings (SSSR count). The van der Waals surface area contributed by atoms with Gasteiger partial charge in [0.05, 0.1) is 10.8 Å². The zero-order valence-electron chi connectivity index (χ0n) is 13.8. The molecule has 0 atom stereocenters. The Morgan fingerprint density at radius 2 is 1.96 bits per heavy atom. The van der Waals surface area contributed by atoms with Gasteiger partial charge in [-0.15, -0.1) is 10.2 Å². The molecule has 2 N–H and O–H groups in total. The molecule has 1 aromatic carbocycles. The SMILES string of the molecule is CC(C)Cc1nnc(NC(=O)Cn2[nH]c(=O)c3ccccc3c2=O)s1. The van der Waals surface area contributed by atoms with Gasteiger partial charge in [0.15, 0.2) is 0 Å². The zero-order valence-corrected chi connectivity index (χ0v) is 14.6. The van der Waals surface area contributed by atoms with Crippen LogP contribution in [0.2, 0.25) is 0 Å². The lowest BCUT2D eigenvalue weighted by Crippen LogP contribution is -2.34. The van der Waals surface area contributed by atoms with E-state index in [9.17, 15) is 14.4 Å². The number of hydrogen-bond acceptors (Lipinski definition) is 6. The molecule has 0 fully saturated rings. The smallest absolute Gasteiger partial charge is 0.273 e. The van der Waals surface area contributed by atoms with Crippen molar-refractivity contribution in [2.45, 2.75) is 26.8 Å². The fraction of sp³-hybridized carbons (Fsp3) is 0.312. The maximum atomic E-state index is 12.4. The molecule has 0 radical (unpaired) electrons. The highest BCUT2D eigenvalue weighted by Crippen LogP contribution is 2.18. The molecule has 3 aromatic rings. The summed E-state index contributed by atoms with van der Waals surface area (Å²) in [5, 5.41) is 14.7. The van der Waals surface area contributed by atoms with Gasteiger partial charge >= 0.3 is 0 Å². The molecule has 0 bridgehead atoms. The van der Waals surface area contributed by atoms with Gasteiger partial charge in [-0.05, 0) is 18.1 Å². The van der Waals surface area contributed by atoms with Crippen LogP contribution in [0.3, 0.4) is 0 Å². The van der Waals surface area contributed by atoms with Crippen molar-refractivity contribution in [3.63, 3.8) is 0 Å². The highest BCUT2D eigenvalue weighted by atomic mass is 32.1. The van der Waals surface area contributed by atoms with Gasteiger partial charge in [0.1, 0.15) is 11.6 Å². The molecule has 0 aliphatic rings. The quantitative estimate of drug-likeness (QED) is 0.715. The summed E-state index contributed by atoms with van der Waals surface area (Å²) < 4.78 is 0.996. The minimum atomic E-state index is -0.458. The predicted molar refractivity (Wildman–Crippen MR) is 95.9 cm³/mol. The second-order valence-corrected chi connectivity index (χ2v) is 7.09. The standard InChI is InChI=1S/C16H17N5O3S/c1-9(2)7-13-18-19-16(25-13)17-12(22)8-21-15(24)11-6-4-3-5-10(11)14(23)20-21/h3-6,9H,7-8H2,1-2H3,(H,20,23)(H,17,19,22). The van der Waals surface area contributed by atoms with E-state index in [2.05, 4.69) is 34.5 Å². The van der Waals surface area contributed by atoms with E-state index < -0.39 is 17.0 Å². The lowest BCUT2D eigenvalue weighted by molar-refractivity contribution is -0.117. The average molecular weight is 359 g/mol. The van der Waals surface area contributed by atoms with Crippen molar-refractivity contribution in [2.24, 2.45) is 5.92 Å². The van der Waals surface area contributed by atoms with Gasteiger partial charge < -0.3 is 0 Å². The third-order valence-electron chi connectivity index (χ3n) is 3.48. The van der Waals surface area contributed by atoms with Crippen molar-refractivity contribution >= 4 is 33.1 Å². The highest BCUT2D eigenvalue weighted by molar-refractivity contribution is 7.15. The molecule has 0 aliphatic heterocycles. The summed E-state index contributed by atoms with van der Waals surface area (Å²) in [6.45, 7) is 3.84. The van der Waals surface area contributed by atoms with Crippen molar-refractivity contribution in [3.05, 3.63) is 50.0 Å². The fourth-order valence-electron chi connectivity index (χ4n) is 2.40.